The van der Waals surface area contributed by atoms with Gasteiger partial charge in [0.25, 0.3) is 0 Å². The molecule has 1 aliphatic rings. The Bertz CT molecular complexity index is 490. The van der Waals surface area contributed by atoms with Gasteiger partial charge in [0, 0.05) is 12.6 Å². The molecular weight excluding hydrogens is 245 g/mol. The number of fused-ring (bicyclic) bond motifs is 1. The summed E-state index contributed by atoms with van der Waals surface area (Å²) in [7, 11) is 1.28. The number of methoxy groups -OCH3 is 1. The second kappa shape index (κ2) is 4.69. The molecular formula is C11H12FNO5. The number of benzene rings is 1. The summed E-state index contributed by atoms with van der Waals surface area (Å²) in [5, 5.41) is 9.06. The van der Waals surface area contributed by atoms with Crippen LogP contribution in [0.2, 0.25) is 0 Å². The van der Waals surface area contributed by atoms with Crippen molar-refractivity contribution in [2.75, 3.05) is 20.4 Å². The maximum Gasteiger partial charge on any atom is 0.312 e. The third-order valence-electron chi connectivity index (χ3n) is 2.70. The molecule has 0 amide bonds. The molecule has 3 N–H and O–H groups in total. The maximum atomic E-state index is 14.1. The van der Waals surface area contributed by atoms with Crippen molar-refractivity contribution in [3.63, 3.8) is 0 Å². The Morgan fingerprint density at radius 1 is 1.67 bits per heavy atom. The van der Waals surface area contributed by atoms with Gasteiger partial charge in [-0.3, -0.25) is 4.79 Å². The third kappa shape index (κ3) is 1.82. The fourth-order valence-corrected chi connectivity index (χ4v) is 1.82. The molecule has 0 saturated carbocycles. The average Bonchev–Trinajstić information content (AvgIpc) is 2.79. The summed E-state index contributed by atoms with van der Waals surface area (Å²) in [5.74, 6) is -3.01. The van der Waals surface area contributed by atoms with Crippen LogP contribution in [-0.2, 0) is 4.79 Å². The van der Waals surface area contributed by atoms with Crippen molar-refractivity contribution in [3.8, 4) is 17.2 Å². The molecule has 0 aromatic heterocycles. The number of halogens is 1. The van der Waals surface area contributed by atoms with Crippen LogP contribution >= 0.6 is 0 Å². The van der Waals surface area contributed by atoms with E-state index in [1.807, 2.05) is 0 Å². The minimum atomic E-state index is -1.23. The van der Waals surface area contributed by atoms with Crippen LogP contribution in [0, 0.1) is 5.82 Å². The van der Waals surface area contributed by atoms with Crippen molar-refractivity contribution in [3.05, 3.63) is 17.4 Å². The number of carboxylic acid groups (broad SMARTS) is 1. The van der Waals surface area contributed by atoms with E-state index in [0.29, 0.717) is 0 Å². The van der Waals surface area contributed by atoms with Gasteiger partial charge in [-0.15, -0.1) is 0 Å². The maximum absolute atomic E-state index is 14.1. The quantitative estimate of drug-likeness (QED) is 0.824. The van der Waals surface area contributed by atoms with Gasteiger partial charge >= 0.3 is 5.97 Å². The molecule has 18 heavy (non-hydrogen) atoms. The first kappa shape index (κ1) is 12.4. The van der Waals surface area contributed by atoms with Crippen LogP contribution in [0.3, 0.4) is 0 Å². The van der Waals surface area contributed by atoms with E-state index in [2.05, 4.69) is 0 Å². The van der Waals surface area contributed by atoms with Gasteiger partial charge in [0.2, 0.25) is 6.79 Å². The van der Waals surface area contributed by atoms with E-state index >= 15 is 0 Å². The van der Waals surface area contributed by atoms with Gasteiger partial charge in [-0.25, -0.2) is 4.39 Å². The van der Waals surface area contributed by atoms with Gasteiger partial charge in [-0.1, -0.05) is 0 Å². The van der Waals surface area contributed by atoms with Crippen LogP contribution in [-0.4, -0.2) is 31.5 Å². The largest absolute Gasteiger partial charge is 0.494 e. The lowest BCUT2D eigenvalue weighted by atomic mass is 9.97. The molecule has 7 heteroatoms. The van der Waals surface area contributed by atoms with Crippen LogP contribution in [0.1, 0.15) is 11.5 Å². The van der Waals surface area contributed by atoms with E-state index < -0.39 is 17.7 Å². The molecule has 0 aliphatic carbocycles. The molecule has 6 nitrogen and oxygen atoms in total. The zero-order chi connectivity index (χ0) is 13.3. The molecule has 0 fully saturated rings. The van der Waals surface area contributed by atoms with Crippen LogP contribution in [0.15, 0.2) is 6.07 Å². The Morgan fingerprint density at radius 3 is 2.94 bits per heavy atom. The Kier molecular flexibility index (Phi) is 3.24. The highest BCUT2D eigenvalue weighted by Crippen LogP contribution is 2.44. The summed E-state index contributed by atoms with van der Waals surface area (Å²) in [6.07, 6.45) is 0. The highest BCUT2D eigenvalue weighted by Gasteiger charge is 2.33. The smallest absolute Gasteiger partial charge is 0.312 e. The predicted octanol–water partition coefficient (Wildman–Crippen LogP) is 0.690. The third-order valence-corrected chi connectivity index (χ3v) is 2.70. The van der Waals surface area contributed by atoms with E-state index in [4.69, 9.17) is 25.1 Å². The normalized spacial score (nSPS) is 14.4. The molecule has 0 radical (unpaired) electrons. The second-order valence-electron chi connectivity index (χ2n) is 3.67. The predicted molar refractivity (Wildman–Crippen MR) is 58.5 cm³/mol. The van der Waals surface area contributed by atoms with Gasteiger partial charge in [0.05, 0.1) is 12.7 Å². The summed E-state index contributed by atoms with van der Waals surface area (Å²) < 4.78 is 29.2. The molecule has 1 unspecified atom stereocenters. The fraction of sp³-hybridized carbons (Fsp3) is 0.364. The van der Waals surface area contributed by atoms with E-state index in [1.54, 1.807) is 0 Å². The molecule has 0 spiro atoms. The van der Waals surface area contributed by atoms with Crippen molar-refractivity contribution in [2.24, 2.45) is 5.73 Å². The lowest BCUT2D eigenvalue weighted by Gasteiger charge is -2.15. The standard InChI is InChI=1S/C11H12FNO5/c1-16-6-2-7-10(18-4-17-7)8(9(6)12)5(3-13)11(14)15/h2,5H,3-4,13H2,1H3,(H,14,15). The first-order valence-electron chi connectivity index (χ1n) is 5.19. The zero-order valence-electron chi connectivity index (χ0n) is 9.60. The molecule has 0 saturated heterocycles. The van der Waals surface area contributed by atoms with Crippen molar-refractivity contribution in [2.45, 2.75) is 5.92 Å². The number of hydrogen-bond acceptors (Lipinski definition) is 5. The van der Waals surface area contributed by atoms with Gasteiger partial charge < -0.3 is 25.1 Å². The van der Waals surface area contributed by atoms with Gasteiger partial charge in [-0.2, -0.15) is 0 Å². The number of hydrogen-bond donors (Lipinski definition) is 2. The van der Waals surface area contributed by atoms with Crippen molar-refractivity contribution in [1.29, 1.82) is 0 Å². The van der Waals surface area contributed by atoms with E-state index in [0.717, 1.165) is 0 Å². The topological polar surface area (TPSA) is 91.0 Å². The molecule has 1 aliphatic heterocycles. The molecule has 1 aromatic carbocycles. The molecule has 1 aromatic rings. The highest BCUT2D eigenvalue weighted by atomic mass is 19.1. The van der Waals surface area contributed by atoms with Crippen molar-refractivity contribution in [1.82, 2.24) is 0 Å². The summed E-state index contributed by atoms with van der Waals surface area (Å²) in [6, 6.07) is 1.32. The van der Waals surface area contributed by atoms with Crippen LogP contribution < -0.4 is 19.9 Å². The van der Waals surface area contributed by atoms with Gasteiger partial charge in [0.1, 0.15) is 5.92 Å². The molecule has 0 bridgehead atoms. The van der Waals surface area contributed by atoms with Gasteiger partial charge in [-0.05, 0) is 0 Å². The zero-order valence-corrected chi connectivity index (χ0v) is 9.60. The van der Waals surface area contributed by atoms with E-state index in [-0.39, 0.29) is 36.1 Å². The van der Waals surface area contributed by atoms with E-state index in [9.17, 15) is 9.18 Å². The Labute approximate surface area is 102 Å². The first-order chi connectivity index (χ1) is 8.60. The Hall–Kier alpha value is -2.02. The number of carbonyl (C=O) groups is 1. The van der Waals surface area contributed by atoms with Crippen molar-refractivity contribution < 1.29 is 28.5 Å². The minimum Gasteiger partial charge on any atom is -0.494 e. The summed E-state index contributed by atoms with van der Waals surface area (Å²) >= 11 is 0. The molecule has 1 atom stereocenters. The van der Waals surface area contributed by atoms with Crippen LogP contribution in [0.25, 0.3) is 0 Å². The summed E-state index contributed by atoms with van der Waals surface area (Å²) in [5.41, 5.74) is 5.23. The van der Waals surface area contributed by atoms with E-state index in [1.165, 1.54) is 13.2 Å². The average molecular weight is 257 g/mol. The number of aliphatic carboxylic acids is 1. The summed E-state index contributed by atoms with van der Waals surface area (Å²) in [6.45, 7) is -0.346. The number of rotatable bonds is 4. The summed E-state index contributed by atoms with van der Waals surface area (Å²) in [4.78, 5) is 11.1. The monoisotopic (exact) mass is 257 g/mol. The molecule has 98 valence electrons. The minimum absolute atomic E-state index is 0.0751. The number of carboxylic acids is 1. The van der Waals surface area contributed by atoms with Crippen LogP contribution in [0.5, 0.6) is 17.2 Å². The molecule has 1 heterocycles. The highest BCUT2D eigenvalue weighted by molar-refractivity contribution is 5.79. The number of ether oxygens (including phenoxy) is 3. The van der Waals surface area contributed by atoms with Crippen molar-refractivity contribution >= 4 is 5.97 Å². The fourth-order valence-electron chi connectivity index (χ4n) is 1.82. The number of nitrogens with two attached hydrogens (primary N) is 1. The van der Waals surface area contributed by atoms with Crippen LogP contribution in [0.4, 0.5) is 4.39 Å². The Morgan fingerprint density at radius 2 is 2.39 bits per heavy atom. The lowest BCUT2D eigenvalue weighted by molar-refractivity contribution is -0.138. The first-order valence-corrected chi connectivity index (χ1v) is 5.19. The van der Waals surface area contributed by atoms with Gasteiger partial charge in [0.15, 0.2) is 23.1 Å². The second-order valence-corrected chi connectivity index (χ2v) is 3.67. The molecule has 2 rings (SSSR count). The lowest BCUT2D eigenvalue weighted by Crippen LogP contribution is -2.23. The SMILES string of the molecule is COc1cc2c(c(C(CN)C(=O)O)c1F)OCO2. The Balaban J connectivity index is 2.63.